The Labute approximate surface area is 185 Å². The molecule has 11 heteroatoms. The van der Waals surface area contributed by atoms with Crippen LogP contribution in [-0.2, 0) is 9.59 Å². The van der Waals surface area contributed by atoms with Gasteiger partial charge in [-0.25, -0.2) is 17.6 Å². The number of hydrogen-bond donors (Lipinski definition) is 2. The molecule has 1 atom stereocenters. The van der Waals surface area contributed by atoms with Gasteiger partial charge in [-0.3, -0.25) is 14.4 Å². The molecule has 1 aliphatic heterocycles. The smallest absolute Gasteiger partial charge is 0.262 e. The molecule has 7 nitrogen and oxygen atoms in total. The molecule has 0 aliphatic carbocycles. The third kappa shape index (κ3) is 6.09. The van der Waals surface area contributed by atoms with Gasteiger partial charge in [-0.2, -0.15) is 0 Å². The van der Waals surface area contributed by atoms with Gasteiger partial charge in [0.15, 0.2) is 41.8 Å². The van der Waals surface area contributed by atoms with Crippen molar-refractivity contribution in [2.24, 2.45) is 0 Å². The maximum atomic E-state index is 13.4. The lowest BCUT2D eigenvalue weighted by atomic mass is 10.00. The molecule has 33 heavy (non-hydrogen) atoms. The van der Waals surface area contributed by atoms with Crippen LogP contribution in [0.3, 0.4) is 0 Å². The van der Waals surface area contributed by atoms with E-state index >= 15 is 0 Å². The molecule has 0 bridgehead atoms. The third-order valence-electron chi connectivity index (χ3n) is 4.56. The Balaban J connectivity index is 1.41. The van der Waals surface area contributed by atoms with Crippen LogP contribution in [0.15, 0.2) is 42.6 Å². The molecule has 2 N–H and O–H groups in total. The van der Waals surface area contributed by atoms with Crippen molar-refractivity contribution in [3.8, 4) is 11.5 Å². The molecular formula is C22H18F4N2O5. The minimum Gasteiger partial charge on any atom is -0.484 e. The van der Waals surface area contributed by atoms with Gasteiger partial charge in [-0.15, -0.1) is 0 Å². The molecule has 0 saturated heterocycles. The molecule has 1 aliphatic rings. The molecule has 3 rings (SSSR count). The zero-order chi connectivity index (χ0) is 24.1. The Morgan fingerprint density at radius 2 is 1.76 bits per heavy atom. The maximum Gasteiger partial charge on any atom is 0.262 e. The number of hydrogen-bond acceptors (Lipinski definition) is 5. The molecule has 0 unspecified atom stereocenters. The van der Waals surface area contributed by atoms with Gasteiger partial charge in [-0.05, 0) is 18.2 Å². The van der Waals surface area contributed by atoms with Crippen LogP contribution in [0.1, 0.15) is 23.2 Å². The summed E-state index contributed by atoms with van der Waals surface area (Å²) >= 11 is 0. The van der Waals surface area contributed by atoms with Crippen molar-refractivity contribution in [3.63, 3.8) is 0 Å². The summed E-state index contributed by atoms with van der Waals surface area (Å²) in [5, 5.41) is 4.92. The summed E-state index contributed by atoms with van der Waals surface area (Å²) in [6.07, 6.45) is -1.44. The van der Waals surface area contributed by atoms with E-state index in [2.05, 4.69) is 17.2 Å². The van der Waals surface area contributed by atoms with Crippen LogP contribution in [-0.4, -0.2) is 36.9 Å². The molecule has 1 heterocycles. The first-order valence-electron chi connectivity index (χ1n) is 9.66. The summed E-state index contributed by atoms with van der Waals surface area (Å²) in [7, 11) is 0. The van der Waals surface area contributed by atoms with E-state index in [1.165, 1.54) is 0 Å². The van der Waals surface area contributed by atoms with Crippen LogP contribution < -0.4 is 20.1 Å². The van der Waals surface area contributed by atoms with E-state index in [-0.39, 0.29) is 42.1 Å². The second kappa shape index (κ2) is 10.2. The molecule has 2 aromatic carbocycles. The Bertz CT molecular complexity index is 1120. The summed E-state index contributed by atoms with van der Waals surface area (Å²) in [5.74, 6) is -6.63. The Morgan fingerprint density at radius 3 is 2.48 bits per heavy atom. The first kappa shape index (κ1) is 23.8. The summed E-state index contributed by atoms with van der Waals surface area (Å²) in [6.45, 7) is 3.18. The van der Waals surface area contributed by atoms with Gasteiger partial charge in [0.25, 0.3) is 11.8 Å². The van der Waals surface area contributed by atoms with Crippen LogP contribution in [0.5, 0.6) is 11.5 Å². The summed E-state index contributed by atoms with van der Waals surface area (Å²) in [5.41, 5.74) is 0.0948. The van der Waals surface area contributed by atoms with Crippen LogP contribution in [0.4, 0.5) is 17.6 Å². The average Bonchev–Trinajstić information content (AvgIpc) is 2.75. The summed E-state index contributed by atoms with van der Waals surface area (Å²) in [4.78, 5) is 36.2. The maximum absolute atomic E-state index is 13.4. The molecule has 0 radical (unpaired) electrons. The molecule has 0 fully saturated rings. The molecule has 0 saturated carbocycles. The number of halogens is 4. The van der Waals surface area contributed by atoms with Crippen LogP contribution in [0, 0.1) is 23.3 Å². The summed E-state index contributed by atoms with van der Waals surface area (Å²) in [6, 6.07) is 4.26. The number of amides is 2. The van der Waals surface area contributed by atoms with Gasteiger partial charge in [0.1, 0.15) is 11.5 Å². The number of carbonyl (C=O) groups excluding carboxylic acids is 3. The lowest BCUT2D eigenvalue weighted by molar-refractivity contribution is -0.128. The van der Waals surface area contributed by atoms with Gasteiger partial charge in [0, 0.05) is 30.8 Å². The van der Waals surface area contributed by atoms with Crippen molar-refractivity contribution in [3.05, 3.63) is 71.4 Å². The quantitative estimate of drug-likeness (QED) is 0.584. The predicted molar refractivity (Wildman–Crippen MR) is 106 cm³/mol. The zero-order valence-electron chi connectivity index (χ0n) is 17.1. The Morgan fingerprint density at radius 1 is 1.06 bits per heavy atom. The highest BCUT2D eigenvalue weighted by atomic mass is 19.2. The highest BCUT2D eigenvalue weighted by molar-refractivity contribution is 6.03. The lowest BCUT2D eigenvalue weighted by Gasteiger charge is -2.24. The third-order valence-corrected chi connectivity index (χ3v) is 4.56. The van der Waals surface area contributed by atoms with Crippen molar-refractivity contribution in [2.75, 3.05) is 13.2 Å². The second-order valence-electron chi connectivity index (χ2n) is 7.05. The monoisotopic (exact) mass is 466 g/mol. The predicted octanol–water partition coefficient (Wildman–Crippen LogP) is 2.79. The number of fused-ring (bicyclic) bond motifs is 1. The van der Waals surface area contributed by atoms with Crippen LogP contribution in [0.25, 0.3) is 0 Å². The number of carbonyl (C=O) groups is 3. The average molecular weight is 466 g/mol. The van der Waals surface area contributed by atoms with E-state index in [0.717, 1.165) is 24.3 Å². The van der Waals surface area contributed by atoms with E-state index < -0.39 is 53.6 Å². The van der Waals surface area contributed by atoms with Crippen LogP contribution in [0.2, 0.25) is 0 Å². The lowest BCUT2D eigenvalue weighted by Crippen LogP contribution is -2.42. The molecule has 0 spiro atoms. The van der Waals surface area contributed by atoms with Crippen molar-refractivity contribution >= 4 is 17.6 Å². The highest BCUT2D eigenvalue weighted by Gasteiger charge is 2.32. The molecular weight excluding hydrogens is 448 g/mol. The Kier molecular flexibility index (Phi) is 7.31. The van der Waals surface area contributed by atoms with E-state index in [0.29, 0.717) is 6.07 Å². The van der Waals surface area contributed by atoms with Gasteiger partial charge in [0.2, 0.25) is 0 Å². The van der Waals surface area contributed by atoms with Gasteiger partial charge in [0.05, 0.1) is 12.0 Å². The minimum absolute atomic E-state index is 0.0284. The molecule has 174 valence electrons. The zero-order valence-corrected chi connectivity index (χ0v) is 17.1. The van der Waals surface area contributed by atoms with E-state index in [4.69, 9.17) is 9.47 Å². The number of rotatable bonds is 8. The SMILES string of the molecule is C=C(CCNC(=O)[C@@H]1CC(=O)c2cc(F)c(F)cc2O1)NC(=O)COc1ccc(F)c(F)c1. The standard InChI is InChI=1S/C22H18F4N2O5/c1-11(28-21(30)10-32-12-2-3-14(23)15(24)6-12)4-5-27-22(31)20-9-18(29)13-7-16(25)17(26)8-19(13)33-20/h2-3,6-8,20H,1,4-5,9-10H2,(H,27,31)(H,28,30)/t20-/m0/s1. The van der Waals surface area contributed by atoms with Gasteiger partial charge < -0.3 is 20.1 Å². The van der Waals surface area contributed by atoms with Crippen LogP contribution >= 0.6 is 0 Å². The second-order valence-corrected chi connectivity index (χ2v) is 7.05. The van der Waals surface area contributed by atoms with Crippen molar-refractivity contribution < 1.29 is 41.4 Å². The number of benzene rings is 2. The van der Waals surface area contributed by atoms with Crippen molar-refractivity contribution in [1.82, 2.24) is 10.6 Å². The number of nitrogens with one attached hydrogen (secondary N) is 2. The molecule has 0 aromatic heterocycles. The minimum atomic E-state index is -1.22. The topological polar surface area (TPSA) is 93.7 Å². The summed E-state index contributed by atoms with van der Waals surface area (Å²) < 4.78 is 63.0. The largest absolute Gasteiger partial charge is 0.484 e. The number of ketones is 1. The highest BCUT2D eigenvalue weighted by Crippen LogP contribution is 2.29. The molecule has 2 amide bonds. The van der Waals surface area contributed by atoms with E-state index in [9.17, 15) is 31.9 Å². The number of Topliss-reactive ketones (excluding diaryl/α,β-unsaturated/α-hetero) is 1. The van der Waals surface area contributed by atoms with Crippen molar-refractivity contribution in [2.45, 2.75) is 18.9 Å². The molecule has 2 aromatic rings. The fraction of sp³-hybridized carbons (Fsp3) is 0.227. The number of ether oxygens (including phenoxy) is 2. The normalized spacial score (nSPS) is 14.7. The first-order valence-corrected chi connectivity index (χ1v) is 9.66. The fourth-order valence-corrected chi connectivity index (χ4v) is 2.93. The van der Waals surface area contributed by atoms with Crippen molar-refractivity contribution in [1.29, 1.82) is 0 Å². The Hall–Kier alpha value is -3.89. The first-order chi connectivity index (χ1) is 15.6. The van der Waals surface area contributed by atoms with Gasteiger partial charge in [-0.1, -0.05) is 6.58 Å². The van der Waals surface area contributed by atoms with E-state index in [1.54, 1.807) is 0 Å². The fourth-order valence-electron chi connectivity index (χ4n) is 2.93. The van der Waals surface area contributed by atoms with Gasteiger partial charge >= 0.3 is 0 Å². The van der Waals surface area contributed by atoms with E-state index in [1.807, 2.05) is 0 Å².